The molecular formula is C12H16ClNO4. The SMILES string of the molecule is COc1cc(Cl)c(C)c(CC(N)C(=O)O)c1OC. The van der Waals surface area contributed by atoms with Crippen LogP contribution in [0.1, 0.15) is 11.1 Å². The highest BCUT2D eigenvalue weighted by Crippen LogP contribution is 2.38. The first-order valence-corrected chi connectivity index (χ1v) is 5.68. The second kappa shape index (κ2) is 5.93. The van der Waals surface area contributed by atoms with Gasteiger partial charge in [-0.25, -0.2) is 0 Å². The third-order valence-electron chi connectivity index (χ3n) is 2.73. The molecule has 1 aromatic carbocycles. The Balaban J connectivity index is 3.30. The van der Waals surface area contributed by atoms with Gasteiger partial charge in [0.15, 0.2) is 11.5 Å². The summed E-state index contributed by atoms with van der Waals surface area (Å²) in [5.41, 5.74) is 6.94. The number of hydrogen-bond donors (Lipinski definition) is 2. The number of carboxylic acids is 1. The van der Waals surface area contributed by atoms with Gasteiger partial charge >= 0.3 is 5.97 Å². The van der Waals surface area contributed by atoms with Crippen molar-refractivity contribution in [3.8, 4) is 11.5 Å². The average Bonchev–Trinajstić information content (AvgIpc) is 2.34. The van der Waals surface area contributed by atoms with Crippen LogP contribution in [0, 0.1) is 6.92 Å². The minimum absolute atomic E-state index is 0.126. The number of methoxy groups -OCH3 is 2. The van der Waals surface area contributed by atoms with Crippen LogP contribution in [0.15, 0.2) is 6.07 Å². The van der Waals surface area contributed by atoms with Gasteiger partial charge in [0.1, 0.15) is 6.04 Å². The maximum absolute atomic E-state index is 10.8. The van der Waals surface area contributed by atoms with E-state index in [1.807, 2.05) is 0 Å². The summed E-state index contributed by atoms with van der Waals surface area (Å²) in [6.07, 6.45) is 0.126. The normalized spacial score (nSPS) is 12.1. The van der Waals surface area contributed by atoms with E-state index in [0.29, 0.717) is 22.1 Å². The van der Waals surface area contributed by atoms with E-state index in [1.54, 1.807) is 13.0 Å². The second-order valence-electron chi connectivity index (χ2n) is 3.85. The molecule has 100 valence electrons. The van der Waals surface area contributed by atoms with E-state index >= 15 is 0 Å². The van der Waals surface area contributed by atoms with Crippen molar-refractivity contribution in [1.29, 1.82) is 0 Å². The third-order valence-corrected chi connectivity index (χ3v) is 3.12. The fourth-order valence-corrected chi connectivity index (χ4v) is 1.89. The fourth-order valence-electron chi connectivity index (χ4n) is 1.68. The predicted molar refractivity (Wildman–Crippen MR) is 68.6 cm³/mol. The molecule has 5 nitrogen and oxygen atoms in total. The first kappa shape index (κ1) is 14.6. The highest BCUT2D eigenvalue weighted by Gasteiger charge is 2.21. The maximum Gasteiger partial charge on any atom is 0.320 e. The number of benzene rings is 1. The zero-order valence-corrected chi connectivity index (χ0v) is 11.2. The molecule has 0 radical (unpaired) electrons. The quantitative estimate of drug-likeness (QED) is 0.852. The molecule has 0 saturated carbocycles. The summed E-state index contributed by atoms with van der Waals surface area (Å²) in [6, 6.07) is 0.617. The minimum atomic E-state index is -1.07. The van der Waals surface area contributed by atoms with Gasteiger partial charge in [0.2, 0.25) is 0 Å². The molecule has 18 heavy (non-hydrogen) atoms. The summed E-state index contributed by atoms with van der Waals surface area (Å²) in [7, 11) is 2.98. The maximum atomic E-state index is 10.8. The molecule has 0 saturated heterocycles. The summed E-state index contributed by atoms with van der Waals surface area (Å²) in [5, 5.41) is 9.35. The van der Waals surface area contributed by atoms with Crippen molar-refractivity contribution in [2.24, 2.45) is 5.73 Å². The zero-order valence-electron chi connectivity index (χ0n) is 10.5. The lowest BCUT2D eigenvalue weighted by molar-refractivity contribution is -0.138. The first-order chi connectivity index (χ1) is 8.42. The number of halogens is 1. The number of nitrogens with two attached hydrogens (primary N) is 1. The van der Waals surface area contributed by atoms with Crippen LogP contribution in [0.5, 0.6) is 11.5 Å². The third kappa shape index (κ3) is 2.86. The van der Waals surface area contributed by atoms with Gasteiger partial charge in [0.05, 0.1) is 14.2 Å². The van der Waals surface area contributed by atoms with Crippen LogP contribution < -0.4 is 15.2 Å². The van der Waals surface area contributed by atoms with Crippen LogP contribution in [0.3, 0.4) is 0 Å². The van der Waals surface area contributed by atoms with Gasteiger partial charge in [0.25, 0.3) is 0 Å². The topological polar surface area (TPSA) is 81.8 Å². The highest BCUT2D eigenvalue weighted by molar-refractivity contribution is 6.31. The van der Waals surface area contributed by atoms with Crippen LogP contribution in [0.2, 0.25) is 5.02 Å². The zero-order chi connectivity index (χ0) is 13.9. The van der Waals surface area contributed by atoms with Gasteiger partial charge in [-0.2, -0.15) is 0 Å². The van der Waals surface area contributed by atoms with Crippen molar-refractivity contribution >= 4 is 17.6 Å². The van der Waals surface area contributed by atoms with Crippen LogP contribution in [-0.4, -0.2) is 31.3 Å². The van der Waals surface area contributed by atoms with Gasteiger partial charge in [-0.1, -0.05) is 11.6 Å². The Labute approximate surface area is 110 Å². The lowest BCUT2D eigenvalue weighted by Gasteiger charge is -2.18. The second-order valence-corrected chi connectivity index (χ2v) is 4.25. The monoisotopic (exact) mass is 273 g/mol. The summed E-state index contributed by atoms with van der Waals surface area (Å²) in [4.78, 5) is 10.8. The van der Waals surface area contributed by atoms with E-state index in [2.05, 4.69) is 0 Å². The standard InChI is InChI=1S/C12H16ClNO4/c1-6-7(4-9(14)12(15)16)11(18-3)10(17-2)5-8(6)13/h5,9H,4,14H2,1-3H3,(H,15,16). The Morgan fingerprint density at radius 3 is 2.56 bits per heavy atom. The largest absolute Gasteiger partial charge is 0.493 e. The summed E-state index contributed by atoms with van der Waals surface area (Å²) < 4.78 is 10.4. The van der Waals surface area contributed by atoms with Gasteiger partial charge in [-0.15, -0.1) is 0 Å². The minimum Gasteiger partial charge on any atom is -0.493 e. The van der Waals surface area contributed by atoms with Crippen LogP contribution in [-0.2, 0) is 11.2 Å². The van der Waals surface area contributed by atoms with E-state index in [9.17, 15) is 4.79 Å². The summed E-state index contributed by atoms with van der Waals surface area (Å²) in [5.74, 6) is -0.146. The molecule has 0 aliphatic heterocycles. The number of rotatable bonds is 5. The van der Waals surface area contributed by atoms with Crippen molar-refractivity contribution in [3.05, 3.63) is 22.2 Å². The van der Waals surface area contributed by atoms with E-state index in [-0.39, 0.29) is 6.42 Å². The molecule has 0 aromatic heterocycles. The molecular weight excluding hydrogens is 258 g/mol. The van der Waals surface area contributed by atoms with Crippen molar-refractivity contribution < 1.29 is 19.4 Å². The lowest BCUT2D eigenvalue weighted by Crippen LogP contribution is -2.32. The number of hydrogen-bond acceptors (Lipinski definition) is 4. The van der Waals surface area contributed by atoms with Crippen molar-refractivity contribution in [2.45, 2.75) is 19.4 Å². The molecule has 3 N–H and O–H groups in total. The molecule has 0 heterocycles. The van der Waals surface area contributed by atoms with E-state index in [0.717, 1.165) is 5.56 Å². The lowest BCUT2D eigenvalue weighted by atomic mass is 9.99. The van der Waals surface area contributed by atoms with Gasteiger partial charge in [-0.05, 0) is 12.5 Å². The molecule has 0 aliphatic rings. The van der Waals surface area contributed by atoms with Crippen LogP contribution in [0.4, 0.5) is 0 Å². The molecule has 0 bridgehead atoms. The Morgan fingerprint density at radius 2 is 2.11 bits per heavy atom. The van der Waals surface area contributed by atoms with Gasteiger partial charge in [0, 0.05) is 23.1 Å². The predicted octanol–water partition coefficient (Wildman–Crippen LogP) is 1.62. The van der Waals surface area contributed by atoms with E-state index < -0.39 is 12.0 Å². The Bertz CT molecular complexity index is 462. The summed E-state index contributed by atoms with van der Waals surface area (Å²) in [6.45, 7) is 1.79. The number of aliphatic carboxylic acids is 1. The molecule has 0 amide bonds. The first-order valence-electron chi connectivity index (χ1n) is 5.30. The fraction of sp³-hybridized carbons (Fsp3) is 0.417. The Hall–Kier alpha value is -1.46. The number of carbonyl (C=O) groups is 1. The van der Waals surface area contributed by atoms with Crippen molar-refractivity contribution in [3.63, 3.8) is 0 Å². The van der Waals surface area contributed by atoms with Crippen molar-refractivity contribution in [2.75, 3.05) is 14.2 Å². The molecule has 6 heteroatoms. The van der Waals surface area contributed by atoms with Gasteiger partial charge in [-0.3, -0.25) is 4.79 Å². The van der Waals surface area contributed by atoms with E-state index in [4.69, 9.17) is 31.9 Å². The smallest absolute Gasteiger partial charge is 0.320 e. The average molecular weight is 274 g/mol. The van der Waals surface area contributed by atoms with E-state index in [1.165, 1.54) is 14.2 Å². The molecule has 0 fully saturated rings. The molecule has 1 rings (SSSR count). The number of carboxylic acid groups (broad SMARTS) is 1. The number of ether oxygens (including phenoxy) is 2. The molecule has 1 aromatic rings. The highest BCUT2D eigenvalue weighted by atomic mass is 35.5. The Morgan fingerprint density at radius 1 is 1.50 bits per heavy atom. The van der Waals surface area contributed by atoms with Gasteiger partial charge < -0.3 is 20.3 Å². The summed E-state index contributed by atoms with van der Waals surface area (Å²) >= 11 is 6.07. The Kier molecular flexibility index (Phi) is 4.81. The van der Waals surface area contributed by atoms with Crippen LogP contribution >= 0.6 is 11.6 Å². The molecule has 0 spiro atoms. The molecule has 1 unspecified atom stereocenters. The van der Waals surface area contributed by atoms with Crippen molar-refractivity contribution in [1.82, 2.24) is 0 Å². The van der Waals surface area contributed by atoms with Crippen LogP contribution in [0.25, 0.3) is 0 Å². The molecule has 1 atom stereocenters. The molecule has 0 aliphatic carbocycles.